The summed E-state index contributed by atoms with van der Waals surface area (Å²) >= 11 is 14.2. The van der Waals surface area contributed by atoms with Crippen molar-refractivity contribution < 1.29 is 14.6 Å². The van der Waals surface area contributed by atoms with Gasteiger partial charge in [0, 0.05) is 77.7 Å². The van der Waals surface area contributed by atoms with Gasteiger partial charge in [-0.05, 0) is 37.8 Å². The first-order valence-electron chi connectivity index (χ1n) is 16.7. The summed E-state index contributed by atoms with van der Waals surface area (Å²) < 4.78 is 8.83. The number of amides is 1. The monoisotopic (exact) mass is 713 g/mol. The van der Waals surface area contributed by atoms with Crippen LogP contribution in [0.25, 0.3) is 39.0 Å². The molecule has 2 bridgehead atoms. The number of benzene rings is 2. The van der Waals surface area contributed by atoms with E-state index in [9.17, 15) is 14.7 Å². The molecule has 9 rings (SSSR count). The van der Waals surface area contributed by atoms with E-state index in [4.69, 9.17) is 38.0 Å². The zero-order valence-corrected chi connectivity index (χ0v) is 29.2. The van der Waals surface area contributed by atoms with Crippen LogP contribution in [0.5, 0.6) is 5.88 Å². The number of hydrogen-bond donors (Lipinski definition) is 4. The topological polar surface area (TPSA) is 135 Å². The third-order valence-electron chi connectivity index (χ3n) is 10.4. The maximum atomic E-state index is 13.4. The molecule has 4 heterocycles. The normalized spacial score (nSPS) is 22.3. The Morgan fingerprint density at radius 2 is 1.70 bits per heavy atom. The molecule has 1 amide bonds. The second-order valence-electron chi connectivity index (χ2n) is 13.9. The molecule has 4 fully saturated rings. The van der Waals surface area contributed by atoms with Crippen LogP contribution < -0.4 is 26.2 Å². The maximum absolute atomic E-state index is 13.4. The number of fused-ring (bicyclic) bond motifs is 1. The number of pyridine rings is 1. The average Bonchev–Trinajstić information content (AvgIpc) is 3.70. The molecule has 2 aromatic carbocycles. The summed E-state index contributed by atoms with van der Waals surface area (Å²) in [4.78, 5) is 29.7. The smallest absolute Gasteiger partial charge is 0.277 e. The Hall–Kier alpha value is -4.26. The Kier molecular flexibility index (Phi) is 8.23. The molecule has 13 heteroatoms. The molecular weight excluding hydrogens is 677 g/mol. The zero-order valence-electron chi connectivity index (χ0n) is 27.7. The summed E-state index contributed by atoms with van der Waals surface area (Å²) in [6.45, 7) is 1.64. The summed E-state index contributed by atoms with van der Waals surface area (Å²) in [6, 6.07) is 17.3. The number of hydrogen-bond acceptors (Lipinski definition) is 8. The van der Waals surface area contributed by atoms with Crippen molar-refractivity contribution in [2.75, 3.05) is 13.7 Å². The van der Waals surface area contributed by atoms with E-state index in [-0.39, 0.29) is 23.0 Å². The fourth-order valence-electron chi connectivity index (χ4n) is 7.71. The number of nitrogens with one attached hydrogen (secondary N) is 3. The highest BCUT2D eigenvalue weighted by atomic mass is 35.5. The fraction of sp³-hybridized carbons (Fsp3) is 0.351. The van der Waals surface area contributed by atoms with Crippen molar-refractivity contribution in [2.45, 2.75) is 62.4 Å². The lowest BCUT2D eigenvalue weighted by molar-refractivity contribution is -0.221. The van der Waals surface area contributed by atoms with Crippen LogP contribution in [0.2, 0.25) is 10.0 Å². The quantitative estimate of drug-likeness (QED) is 0.152. The second-order valence-corrected chi connectivity index (χ2v) is 14.6. The highest BCUT2D eigenvalue weighted by molar-refractivity contribution is 6.39. The van der Waals surface area contributed by atoms with Crippen LogP contribution in [0.1, 0.15) is 43.5 Å². The minimum Gasteiger partial charge on any atom is -0.481 e. The molecule has 50 heavy (non-hydrogen) atoms. The predicted molar refractivity (Wildman–Crippen MR) is 192 cm³/mol. The van der Waals surface area contributed by atoms with E-state index in [2.05, 4.69) is 16.0 Å². The number of carbonyl (C=O) groups is 1. The minimum absolute atomic E-state index is 0.0460. The molecule has 1 aliphatic heterocycles. The van der Waals surface area contributed by atoms with Gasteiger partial charge in [0.2, 0.25) is 11.8 Å². The number of aromatic nitrogens is 4. The molecule has 4 aliphatic rings. The minimum atomic E-state index is -0.503. The van der Waals surface area contributed by atoms with Crippen molar-refractivity contribution in [3.63, 3.8) is 0 Å². The lowest BCUT2D eigenvalue weighted by Gasteiger charge is -2.67. The fourth-order valence-corrected chi connectivity index (χ4v) is 8.37. The largest absolute Gasteiger partial charge is 0.481 e. The van der Waals surface area contributed by atoms with Gasteiger partial charge < -0.3 is 25.8 Å². The van der Waals surface area contributed by atoms with Gasteiger partial charge in [-0.3, -0.25) is 14.2 Å². The van der Waals surface area contributed by atoms with Gasteiger partial charge in [0.15, 0.2) is 0 Å². The molecule has 3 saturated carbocycles. The lowest BCUT2D eigenvalue weighted by Crippen LogP contribution is -2.77. The summed E-state index contributed by atoms with van der Waals surface area (Å²) in [5, 5.41) is 25.7. The number of carbonyl (C=O) groups excluding carboxylic acids is 1. The van der Waals surface area contributed by atoms with E-state index >= 15 is 0 Å². The number of halogens is 2. The summed E-state index contributed by atoms with van der Waals surface area (Å²) in [5.41, 5.74) is 5.00. The molecule has 3 aromatic heterocycles. The number of rotatable bonds is 11. The Morgan fingerprint density at radius 3 is 2.38 bits per heavy atom. The Morgan fingerprint density at radius 1 is 1.00 bits per heavy atom. The van der Waals surface area contributed by atoms with E-state index in [0.29, 0.717) is 59.0 Å². The second kappa shape index (κ2) is 12.5. The number of nitrogens with zero attached hydrogens (tertiary/aromatic N) is 4. The van der Waals surface area contributed by atoms with Crippen molar-refractivity contribution >= 4 is 34.6 Å². The van der Waals surface area contributed by atoms with E-state index in [0.717, 1.165) is 59.1 Å². The highest BCUT2D eigenvalue weighted by Crippen LogP contribution is 2.60. The van der Waals surface area contributed by atoms with Crippen LogP contribution in [-0.4, -0.2) is 61.0 Å². The molecule has 258 valence electrons. The lowest BCUT2D eigenvalue weighted by atomic mass is 9.46. The van der Waals surface area contributed by atoms with Gasteiger partial charge in [-0.25, -0.2) is 9.50 Å². The number of aliphatic hydroxyl groups is 1. The highest BCUT2D eigenvalue weighted by Gasteiger charge is 2.67. The van der Waals surface area contributed by atoms with Crippen LogP contribution >= 0.6 is 23.2 Å². The third-order valence-corrected chi connectivity index (χ3v) is 11.2. The molecule has 0 spiro atoms. The SMILES string of the molecule is COc1nc(-c2cccc(-c3cccc(-c4cc5c(=O)n(C)c(CNC67CC(O)(C6)C7)nn5c4)c3Cl)c2Cl)ccc1CNC[C@H]1CCC(=O)N1. The molecule has 1 saturated heterocycles. The van der Waals surface area contributed by atoms with E-state index in [1.165, 1.54) is 0 Å². The van der Waals surface area contributed by atoms with Crippen molar-refractivity contribution in [1.29, 1.82) is 0 Å². The van der Waals surface area contributed by atoms with Gasteiger partial charge in [-0.15, -0.1) is 0 Å². The standard InChI is InChI=1S/C37H37Cl2N7O4/c1-45-30(16-41-36-18-37(49,19-36)20-36)44-46-17-22(13-29(46)35(45)48)24-5-3-6-25(32(24)38)26-7-4-8-27(33(26)39)28-11-9-21(34(43-28)50-2)14-40-15-23-10-12-31(47)42-23/h3-9,11,13,17,23,40-41,49H,10,12,14-16,18-20H2,1-2H3,(H,42,47)/t23-,36?,37?/m1/s1. The molecule has 1 atom stereocenters. The van der Waals surface area contributed by atoms with E-state index < -0.39 is 5.60 Å². The molecular formula is C37H37Cl2N7O4. The van der Waals surface area contributed by atoms with Crippen molar-refractivity contribution in [2.24, 2.45) is 7.05 Å². The van der Waals surface area contributed by atoms with Gasteiger partial charge in [0.05, 0.1) is 35.0 Å². The van der Waals surface area contributed by atoms with Crippen LogP contribution in [0, 0.1) is 0 Å². The number of methoxy groups -OCH3 is 1. The van der Waals surface area contributed by atoms with Crippen LogP contribution in [0.3, 0.4) is 0 Å². The molecule has 11 nitrogen and oxygen atoms in total. The molecule has 3 aliphatic carbocycles. The molecule has 4 N–H and O–H groups in total. The van der Waals surface area contributed by atoms with Crippen LogP contribution in [0.4, 0.5) is 0 Å². The summed E-state index contributed by atoms with van der Waals surface area (Å²) in [7, 11) is 3.32. The van der Waals surface area contributed by atoms with Crippen molar-refractivity contribution in [3.8, 4) is 39.4 Å². The van der Waals surface area contributed by atoms with Gasteiger partial charge in [0.25, 0.3) is 5.56 Å². The van der Waals surface area contributed by atoms with Gasteiger partial charge in [-0.2, -0.15) is 5.10 Å². The van der Waals surface area contributed by atoms with Crippen LogP contribution in [-0.2, 0) is 24.9 Å². The number of ether oxygens (including phenoxy) is 1. The van der Waals surface area contributed by atoms with Crippen molar-refractivity contribution in [3.05, 3.63) is 92.6 Å². The van der Waals surface area contributed by atoms with Gasteiger partial charge in [0.1, 0.15) is 11.3 Å². The molecule has 0 unspecified atom stereocenters. The average molecular weight is 715 g/mol. The first kappa shape index (κ1) is 32.9. The summed E-state index contributed by atoms with van der Waals surface area (Å²) in [6.07, 6.45) is 5.44. The first-order valence-corrected chi connectivity index (χ1v) is 17.5. The van der Waals surface area contributed by atoms with E-state index in [1.54, 1.807) is 23.2 Å². The Labute approximate surface area is 298 Å². The molecule has 5 aromatic rings. The van der Waals surface area contributed by atoms with Crippen LogP contribution in [0.15, 0.2) is 65.6 Å². The summed E-state index contributed by atoms with van der Waals surface area (Å²) in [5.74, 6) is 1.19. The van der Waals surface area contributed by atoms with Gasteiger partial charge >= 0.3 is 0 Å². The van der Waals surface area contributed by atoms with E-state index in [1.807, 2.05) is 60.8 Å². The first-order chi connectivity index (χ1) is 24.1. The maximum Gasteiger partial charge on any atom is 0.277 e. The zero-order chi connectivity index (χ0) is 34.8. The third kappa shape index (κ3) is 5.76. The van der Waals surface area contributed by atoms with Crippen molar-refractivity contribution in [1.82, 2.24) is 35.1 Å². The van der Waals surface area contributed by atoms with Gasteiger partial charge in [-0.1, -0.05) is 65.7 Å². The predicted octanol–water partition coefficient (Wildman–Crippen LogP) is 4.87. The Bertz CT molecular complexity index is 2210. The molecule has 0 radical (unpaired) electrons. The Balaban J connectivity index is 1.05.